The summed E-state index contributed by atoms with van der Waals surface area (Å²) in [5.41, 5.74) is 3.39. The van der Waals surface area contributed by atoms with Crippen LogP contribution in [0.1, 0.15) is 11.3 Å². The summed E-state index contributed by atoms with van der Waals surface area (Å²) in [6.07, 6.45) is 5.48. The van der Waals surface area contributed by atoms with Gasteiger partial charge in [-0.1, -0.05) is 42.2 Å². The van der Waals surface area contributed by atoms with Gasteiger partial charge < -0.3 is 9.73 Å². The summed E-state index contributed by atoms with van der Waals surface area (Å²) in [7, 11) is 0. The Kier molecular flexibility index (Phi) is 4.29. The maximum Gasteiger partial charge on any atom is 0.263 e. The summed E-state index contributed by atoms with van der Waals surface area (Å²) in [6, 6.07) is 11.7. The Morgan fingerprint density at radius 2 is 2.23 bits per heavy atom. The van der Waals surface area contributed by atoms with Gasteiger partial charge in [-0.05, 0) is 23.3 Å². The lowest BCUT2D eigenvalue weighted by Crippen LogP contribution is -2.17. The van der Waals surface area contributed by atoms with Crippen LogP contribution in [-0.2, 0) is 11.2 Å². The molecule has 1 aliphatic rings. The number of amides is 1. The number of carbonyl (C=O) groups is 1. The highest BCUT2D eigenvalue weighted by Gasteiger charge is 2.22. The molecule has 0 atom stereocenters. The van der Waals surface area contributed by atoms with E-state index >= 15 is 0 Å². The zero-order valence-electron chi connectivity index (χ0n) is 13.4. The molecule has 26 heavy (non-hydrogen) atoms. The Hall–Kier alpha value is -2.95. The Bertz CT molecular complexity index is 1130. The van der Waals surface area contributed by atoms with Gasteiger partial charge in [-0.15, -0.1) is 0 Å². The summed E-state index contributed by atoms with van der Waals surface area (Å²) in [5.74, 6) is 0.341. The van der Waals surface area contributed by atoms with E-state index in [4.69, 9.17) is 21.9 Å². The van der Waals surface area contributed by atoms with Crippen LogP contribution in [0.5, 0.6) is 0 Å². The summed E-state index contributed by atoms with van der Waals surface area (Å²) in [5, 5.41) is 12.3. The molecule has 126 valence electrons. The number of rotatable bonds is 3. The van der Waals surface area contributed by atoms with Gasteiger partial charge >= 0.3 is 0 Å². The van der Waals surface area contributed by atoms with E-state index in [0.29, 0.717) is 27.0 Å². The van der Waals surface area contributed by atoms with Gasteiger partial charge in [0.2, 0.25) is 0 Å². The molecule has 0 aliphatic carbocycles. The molecule has 1 saturated heterocycles. The van der Waals surface area contributed by atoms with Crippen molar-refractivity contribution in [2.24, 2.45) is 0 Å². The Morgan fingerprint density at radius 1 is 1.35 bits per heavy atom. The zero-order valence-corrected chi connectivity index (χ0v) is 15.0. The number of fused-ring (bicyclic) bond motifs is 1. The number of furan rings is 1. The second-order valence-corrected chi connectivity index (χ2v) is 7.36. The Balaban J connectivity index is 1.78. The van der Waals surface area contributed by atoms with E-state index in [0.717, 1.165) is 22.1 Å². The van der Waals surface area contributed by atoms with Crippen LogP contribution in [0.2, 0.25) is 0 Å². The standard InChI is InChI=1S/C19H11N3O2S2/c20-5-4-11-2-1-3-12(6-11)15-10-21-9-13-7-14(24-17(13)15)8-16-18(23)22-19(25)26-16/h1-3,6-10H,4H2,(H,22,23,25)/b16-8+. The van der Waals surface area contributed by atoms with Gasteiger partial charge in [-0.2, -0.15) is 5.26 Å². The van der Waals surface area contributed by atoms with Gasteiger partial charge in [0.15, 0.2) is 0 Å². The highest BCUT2D eigenvalue weighted by Crippen LogP contribution is 2.33. The Morgan fingerprint density at radius 3 is 3.00 bits per heavy atom. The van der Waals surface area contributed by atoms with Gasteiger partial charge in [-0.3, -0.25) is 9.78 Å². The van der Waals surface area contributed by atoms with Crippen LogP contribution < -0.4 is 5.32 Å². The fourth-order valence-corrected chi connectivity index (χ4v) is 3.77. The third-order valence-corrected chi connectivity index (χ3v) is 5.04. The predicted molar refractivity (Wildman–Crippen MR) is 105 cm³/mol. The first-order valence-electron chi connectivity index (χ1n) is 7.73. The molecular formula is C19H11N3O2S2. The van der Waals surface area contributed by atoms with E-state index in [9.17, 15) is 4.79 Å². The normalized spacial score (nSPS) is 15.4. The molecule has 0 spiro atoms. The maximum atomic E-state index is 11.8. The number of aromatic nitrogens is 1. The van der Waals surface area contributed by atoms with Gasteiger partial charge in [0.1, 0.15) is 15.7 Å². The summed E-state index contributed by atoms with van der Waals surface area (Å²) in [6.45, 7) is 0. The van der Waals surface area contributed by atoms with Gasteiger partial charge in [-0.25, -0.2) is 0 Å². The number of thiocarbonyl (C=S) groups is 1. The molecule has 1 N–H and O–H groups in total. The van der Waals surface area contributed by atoms with E-state index in [1.165, 1.54) is 11.8 Å². The Labute approximate surface area is 158 Å². The lowest BCUT2D eigenvalue weighted by Gasteiger charge is -2.03. The van der Waals surface area contributed by atoms with Crippen molar-refractivity contribution in [2.45, 2.75) is 6.42 Å². The number of carbonyl (C=O) groups excluding carboxylic acids is 1. The highest BCUT2D eigenvalue weighted by atomic mass is 32.2. The fourth-order valence-electron chi connectivity index (χ4n) is 2.75. The molecule has 0 bridgehead atoms. The van der Waals surface area contributed by atoms with E-state index in [1.54, 1.807) is 18.5 Å². The van der Waals surface area contributed by atoms with Crippen molar-refractivity contribution in [3.63, 3.8) is 0 Å². The average Bonchev–Trinajstić information content (AvgIpc) is 3.17. The molecule has 4 rings (SSSR count). The molecule has 1 amide bonds. The number of nitrogens with zero attached hydrogens (tertiary/aromatic N) is 2. The minimum Gasteiger partial charge on any atom is -0.456 e. The lowest BCUT2D eigenvalue weighted by molar-refractivity contribution is -0.115. The predicted octanol–water partition coefficient (Wildman–Crippen LogP) is 4.05. The number of benzene rings is 1. The van der Waals surface area contributed by atoms with E-state index < -0.39 is 0 Å². The molecule has 0 unspecified atom stereocenters. The molecule has 0 saturated carbocycles. The molecular weight excluding hydrogens is 366 g/mol. The topological polar surface area (TPSA) is 78.9 Å². The van der Waals surface area contributed by atoms with Crippen molar-refractivity contribution in [3.05, 3.63) is 59.0 Å². The number of thioether (sulfide) groups is 1. The zero-order chi connectivity index (χ0) is 18.1. The number of hydrogen-bond acceptors (Lipinski definition) is 6. The smallest absolute Gasteiger partial charge is 0.263 e. The highest BCUT2D eigenvalue weighted by molar-refractivity contribution is 8.26. The molecule has 1 fully saturated rings. The lowest BCUT2D eigenvalue weighted by atomic mass is 10.0. The number of nitrogens with one attached hydrogen (secondary N) is 1. The van der Waals surface area contributed by atoms with Crippen LogP contribution in [0, 0.1) is 11.3 Å². The average molecular weight is 377 g/mol. The van der Waals surface area contributed by atoms with Crippen LogP contribution >= 0.6 is 24.0 Å². The van der Waals surface area contributed by atoms with E-state index in [-0.39, 0.29) is 5.91 Å². The molecule has 0 radical (unpaired) electrons. The summed E-state index contributed by atoms with van der Waals surface area (Å²) >= 11 is 6.21. The molecule has 2 aromatic heterocycles. The minimum atomic E-state index is -0.219. The van der Waals surface area contributed by atoms with Crippen LogP contribution in [0.25, 0.3) is 28.2 Å². The first-order chi connectivity index (χ1) is 12.6. The fraction of sp³-hybridized carbons (Fsp3) is 0.0526. The largest absolute Gasteiger partial charge is 0.456 e. The number of nitriles is 1. The third kappa shape index (κ3) is 3.12. The van der Waals surface area contributed by atoms with Crippen LogP contribution in [-0.4, -0.2) is 15.2 Å². The van der Waals surface area contributed by atoms with Gasteiger partial charge in [0.25, 0.3) is 5.91 Å². The summed E-state index contributed by atoms with van der Waals surface area (Å²) in [4.78, 5) is 16.6. The van der Waals surface area contributed by atoms with Crippen molar-refractivity contribution in [1.82, 2.24) is 10.3 Å². The first kappa shape index (κ1) is 16.5. The number of hydrogen-bond donors (Lipinski definition) is 1. The summed E-state index contributed by atoms with van der Waals surface area (Å²) < 4.78 is 6.42. The van der Waals surface area contributed by atoms with Gasteiger partial charge in [0.05, 0.1) is 17.4 Å². The quantitative estimate of drug-likeness (QED) is 0.548. The van der Waals surface area contributed by atoms with Gasteiger partial charge in [0, 0.05) is 29.4 Å². The molecule has 3 heterocycles. The van der Waals surface area contributed by atoms with Crippen molar-refractivity contribution < 1.29 is 9.21 Å². The van der Waals surface area contributed by atoms with E-state index in [1.807, 2.05) is 30.3 Å². The molecule has 1 aliphatic heterocycles. The molecule has 5 nitrogen and oxygen atoms in total. The van der Waals surface area contributed by atoms with Crippen LogP contribution in [0.15, 0.2) is 52.0 Å². The van der Waals surface area contributed by atoms with E-state index in [2.05, 4.69) is 16.4 Å². The third-order valence-electron chi connectivity index (χ3n) is 3.88. The van der Waals surface area contributed by atoms with Crippen molar-refractivity contribution in [3.8, 4) is 17.2 Å². The molecule has 1 aromatic carbocycles. The maximum absolute atomic E-state index is 11.8. The van der Waals surface area contributed by atoms with Crippen molar-refractivity contribution in [1.29, 1.82) is 5.26 Å². The van der Waals surface area contributed by atoms with Crippen molar-refractivity contribution >= 4 is 51.3 Å². The second-order valence-electron chi connectivity index (χ2n) is 5.64. The van der Waals surface area contributed by atoms with Crippen molar-refractivity contribution in [2.75, 3.05) is 0 Å². The second kappa shape index (κ2) is 6.75. The van der Waals surface area contributed by atoms with Crippen LogP contribution in [0.4, 0.5) is 0 Å². The monoisotopic (exact) mass is 377 g/mol. The number of pyridine rings is 1. The minimum absolute atomic E-state index is 0.219. The van der Waals surface area contributed by atoms with Crippen LogP contribution in [0.3, 0.4) is 0 Å². The molecule has 3 aromatic rings. The molecule has 7 heteroatoms. The first-order valence-corrected chi connectivity index (χ1v) is 8.95. The SMILES string of the molecule is N#CCc1cccc(-c2cncc3cc(/C=C4/SC(=S)NC4=O)oc23)c1.